The SMILES string of the molecule is CC1CC2CCCC(C(=O)OC(CS(=O)(=O)O)(C(F)(F)F)C(F)(F)F)(C1)C2. The van der Waals surface area contributed by atoms with Gasteiger partial charge >= 0.3 is 23.9 Å². The fraction of sp³-hybridized carbons (Fsp3) is 0.933. The van der Waals surface area contributed by atoms with Crippen LogP contribution in [0.2, 0.25) is 0 Å². The van der Waals surface area contributed by atoms with Gasteiger partial charge in [-0.25, -0.2) is 0 Å². The van der Waals surface area contributed by atoms with E-state index >= 15 is 0 Å². The molecule has 0 heterocycles. The molecular weight excluding hydrogens is 406 g/mol. The number of fused-ring (bicyclic) bond motifs is 2. The third-order valence-corrected chi connectivity index (χ3v) is 6.19. The Kier molecular flexibility index (Phi) is 5.59. The van der Waals surface area contributed by atoms with Gasteiger partial charge in [-0.05, 0) is 37.5 Å². The topological polar surface area (TPSA) is 80.7 Å². The minimum atomic E-state index is -6.29. The van der Waals surface area contributed by atoms with Crippen LogP contribution in [-0.4, -0.2) is 42.6 Å². The highest BCUT2D eigenvalue weighted by Gasteiger charge is 2.76. The van der Waals surface area contributed by atoms with E-state index in [0.29, 0.717) is 19.3 Å². The molecular formula is C15H20F6O5S. The lowest BCUT2D eigenvalue weighted by atomic mass is 9.59. The molecule has 2 aliphatic rings. The van der Waals surface area contributed by atoms with Gasteiger partial charge < -0.3 is 4.74 Å². The maximum Gasteiger partial charge on any atom is 0.438 e. The maximum absolute atomic E-state index is 13.4. The first kappa shape index (κ1) is 22.3. The molecule has 5 nitrogen and oxygen atoms in total. The normalized spacial score (nSPS) is 30.1. The van der Waals surface area contributed by atoms with Crippen molar-refractivity contribution < 1.29 is 48.8 Å². The van der Waals surface area contributed by atoms with Crippen molar-refractivity contribution in [1.29, 1.82) is 0 Å². The van der Waals surface area contributed by atoms with Crippen molar-refractivity contribution in [2.24, 2.45) is 17.3 Å². The quantitative estimate of drug-likeness (QED) is 0.419. The number of hydrogen-bond acceptors (Lipinski definition) is 4. The Hall–Kier alpha value is -1.04. The van der Waals surface area contributed by atoms with Crippen LogP contribution >= 0.6 is 0 Å². The molecule has 2 fully saturated rings. The number of alkyl halides is 6. The Morgan fingerprint density at radius 2 is 1.70 bits per heavy atom. The van der Waals surface area contributed by atoms with Gasteiger partial charge in [-0.2, -0.15) is 34.8 Å². The van der Waals surface area contributed by atoms with Crippen LogP contribution in [0.1, 0.15) is 45.4 Å². The first-order chi connectivity index (χ1) is 12.0. The van der Waals surface area contributed by atoms with Crippen molar-refractivity contribution in [2.75, 3.05) is 5.75 Å². The fourth-order valence-corrected chi connectivity index (χ4v) is 5.35. The molecule has 0 spiro atoms. The van der Waals surface area contributed by atoms with E-state index in [1.165, 1.54) is 0 Å². The summed E-state index contributed by atoms with van der Waals surface area (Å²) in [4.78, 5) is 12.6. The van der Waals surface area contributed by atoms with Crippen molar-refractivity contribution in [3.05, 3.63) is 0 Å². The molecule has 0 saturated heterocycles. The Bertz CT molecular complexity index is 668. The van der Waals surface area contributed by atoms with Gasteiger partial charge in [0, 0.05) is 0 Å². The van der Waals surface area contributed by atoms with Crippen molar-refractivity contribution in [3.8, 4) is 0 Å². The van der Waals surface area contributed by atoms with E-state index in [1.807, 2.05) is 0 Å². The van der Waals surface area contributed by atoms with Gasteiger partial charge in [0.25, 0.3) is 10.1 Å². The molecule has 2 aliphatic carbocycles. The average molecular weight is 426 g/mol. The summed E-state index contributed by atoms with van der Waals surface area (Å²) >= 11 is 0. The number of rotatable bonds is 4. The molecule has 2 rings (SSSR count). The Labute approximate surface area is 152 Å². The lowest BCUT2D eigenvalue weighted by Crippen LogP contribution is -2.64. The van der Waals surface area contributed by atoms with Gasteiger partial charge in [0.1, 0.15) is 5.75 Å². The van der Waals surface area contributed by atoms with Gasteiger partial charge in [0.2, 0.25) is 0 Å². The Morgan fingerprint density at radius 3 is 2.19 bits per heavy atom. The zero-order valence-corrected chi connectivity index (χ0v) is 15.2. The Morgan fingerprint density at radius 1 is 1.15 bits per heavy atom. The molecule has 2 saturated carbocycles. The number of ether oxygens (including phenoxy) is 1. The van der Waals surface area contributed by atoms with E-state index in [-0.39, 0.29) is 31.1 Å². The highest BCUT2D eigenvalue weighted by Crippen LogP contribution is 2.54. The van der Waals surface area contributed by atoms with Crippen molar-refractivity contribution in [2.45, 2.75) is 63.4 Å². The summed E-state index contributed by atoms with van der Waals surface area (Å²) in [6, 6.07) is 0. The largest absolute Gasteiger partial charge is 0.438 e. The highest BCUT2D eigenvalue weighted by atomic mass is 32.2. The predicted molar refractivity (Wildman–Crippen MR) is 80.1 cm³/mol. The minimum absolute atomic E-state index is 0.0113. The van der Waals surface area contributed by atoms with Crippen LogP contribution in [-0.2, 0) is 19.6 Å². The second-order valence-electron chi connectivity index (χ2n) is 7.73. The average Bonchev–Trinajstić information content (AvgIpc) is 2.41. The van der Waals surface area contributed by atoms with Gasteiger partial charge in [-0.1, -0.05) is 19.8 Å². The third kappa shape index (κ3) is 4.36. The number of carbonyl (C=O) groups is 1. The summed E-state index contributed by atoms with van der Waals surface area (Å²) in [5.74, 6) is -4.66. The summed E-state index contributed by atoms with van der Waals surface area (Å²) in [7, 11) is -5.78. The third-order valence-electron chi connectivity index (χ3n) is 5.42. The summed E-state index contributed by atoms with van der Waals surface area (Å²) in [5, 5.41) is 0. The molecule has 0 radical (unpaired) electrons. The van der Waals surface area contributed by atoms with E-state index in [4.69, 9.17) is 4.55 Å². The summed E-state index contributed by atoms with van der Waals surface area (Å²) in [6.45, 7) is 1.75. The molecule has 0 aliphatic heterocycles. The van der Waals surface area contributed by atoms with Crippen LogP contribution in [0.5, 0.6) is 0 Å². The smallest absolute Gasteiger partial charge is 0.438 e. The summed E-state index contributed by atoms with van der Waals surface area (Å²) < 4.78 is 115. The molecule has 3 unspecified atom stereocenters. The van der Waals surface area contributed by atoms with E-state index in [0.717, 1.165) is 0 Å². The first-order valence-corrected chi connectivity index (χ1v) is 9.94. The molecule has 0 amide bonds. The maximum atomic E-state index is 13.4. The minimum Gasteiger partial charge on any atom is -0.438 e. The molecule has 0 aromatic rings. The van der Waals surface area contributed by atoms with E-state index in [2.05, 4.69) is 4.74 Å². The van der Waals surface area contributed by atoms with Crippen LogP contribution in [0.15, 0.2) is 0 Å². The Balaban J connectivity index is 2.47. The van der Waals surface area contributed by atoms with Gasteiger partial charge in [0.05, 0.1) is 5.41 Å². The number of carbonyl (C=O) groups excluding carboxylic acids is 1. The first-order valence-electron chi connectivity index (χ1n) is 8.33. The van der Waals surface area contributed by atoms with Crippen molar-refractivity contribution in [1.82, 2.24) is 0 Å². The van der Waals surface area contributed by atoms with Crippen LogP contribution in [0, 0.1) is 17.3 Å². The van der Waals surface area contributed by atoms with Crippen LogP contribution < -0.4 is 0 Å². The number of hydrogen-bond donors (Lipinski definition) is 1. The van der Waals surface area contributed by atoms with Crippen LogP contribution in [0.3, 0.4) is 0 Å². The fourth-order valence-electron chi connectivity index (χ4n) is 4.45. The van der Waals surface area contributed by atoms with Crippen molar-refractivity contribution in [3.63, 3.8) is 0 Å². The lowest BCUT2D eigenvalue weighted by Gasteiger charge is -2.47. The van der Waals surface area contributed by atoms with E-state index in [9.17, 15) is 39.6 Å². The van der Waals surface area contributed by atoms with E-state index in [1.54, 1.807) is 6.92 Å². The van der Waals surface area contributed by atoms with E-state index < -0.39 is 45.2 Å². The predicted octanol–water partition coefficient (Wildman–Crippen LogP) is 3.89. The highest BCUT2D eigenvalue weighted by molar-refractivity contribution is 7.85. The molecule has 2 bridgehead atoms. The van der Waals surface area contributed by atoms with Crippen molar-refractivity contribution >= 4 is 16.1 Å². The molecule has 158 valence electrons. The van der Waals surface area contributed by atoms with Gasteiger partial charge in [0.15, 0.2) is 0 Å². The van der Waals surface area contributed by atoms with Crippen LogP contribution in [0.25, 0.3) is 0 Å². The lowest BCUT2D eigenvalue weighted by molar-refractivity contribution is -0.364. The van der Waals surface area contributed by atoms with Gasteiger partial charge in [-0.15, -0.1) is 0 Å². The molecule has 27 heavy (non-hydrogen) atoms. The molecule has 12 heteroatoms. The standard InChI is InChI=1S/C15H20F6O5S/c1-9-5-10-3-2-4-12(6-9,7-10)11(22)26-13(14(16,17)18,15(19,20)21)8-27(23,24)25/h9-10H,2-8H2,1H3,(H,23,24,25). The zero-order chi connectivity index (χ0) is 20.9. The molecule has 3 atom stereocenters. The second-order valence-corrected chi connectivity index (χ2v) is 9.18. The summed E-state index contributed by atoms with van der Waals surface area (Å²) in [5.41, 5.74) is -6.84. The zero-order valence-electron chi connectivity index (χ0n) is 14.4. The summed E-state index contributed by atoms with van der Waals surface area (Å²) in [6.07, 6.45) is -10.4. The van der Waals surface area contributed by atoms with Crippen LogP contribution in [0.4, 0.5) is 26.3 Å². The van der Waals surface area contributed by atoms with Gasteiger partial charge in [-0.3, -0.25) is 9.35 Å². The molecule has 0 aromatic carbocycles. The monoisotopic (exact) mass is 426 g/mol. The second kappa shape index (κ2) is 6.78. The molecule has 1 N–H and O–H groups in total. The number of esters is 1. The number of halogens is 6. The molecule has 0 aromatic heterocycles.